The van der Waals surface area contributed by atoms with Gasteiger partial charge in [0.2, 0.25) is 0 Å². The van der Waals surface area contributed by atoms with Crippen LogP contribution >= 0.6 is 0 Å². The molecule has 5 rings (SSSR count). The molecule has 148 valence electrons. The maximum atomic E-state index is 11.0. The van der Waals surface area contributed by atoms with Gasteiger partial charge in [-0.15, -0.1) is 0 Å². The molecule has 4 fully saturated rings. The van der Waals surface area contributed by atoms with E-state index < -0.39 is 0 Å². The molecular formula is C25H37NO. The van der Waals surface area contributed by atoms with Gasteiger partial charge in [0.05, 0.1) is 6.04 Å². The van der Waals surface area contributed by atoms with E-state index in [0.29, 0.717) is 11.8 Å². The van der Waals surface area contributed by atoms with E-state index >= 15 is 0 Å². The van der Waals surface area contributed by atoms with Crippen molar-refractivity contribution in [3.63, 3.8) is 0 Å². The Hall–Kier alpha value is -1.31. The van der Waals surface area contributed by atoms with Gasteiger partial charge in [0, 0.05) is 17.3 Å². The van der Waals surface area contributed by atoms with E-state index in [1.54, 1.807) is 0 Å². The number of aromatic hydroxyl groups is 1. The van der Waals surface area contributed by atoms with Crippen LogP contribution in [0.25, 0.3) is 0 Å². The van der Waals surface area contributed by atoms with Crippen molar-refractivity contribution in [3.05, 3.63) is 28.8 Å². The highest BCUT2D eigenvalue weighted by molar-refractivity contribution is 5.85. The van der Waals surface area contributed by atoms with Crippen LogP contribution in [0.3, 0.4) is 0 Å². The van der Waals surface area contributed by atoms with Crippen molar-refractivity contribution in [3.8, 4) is 5.75 Å². The van der Waals surface area contributed by atoms with Gasteiger partial charge in [0.1, 0.15) is 5.75 Å². The Bertz CT molecular complexity index is 719. The smallest absolute Gasteiger partial charge is 0.128 e. The SMILES string of the molecule is CC(C)(C)c1cc(C=NC2C3CC4CC(C3)CC2C4)c(O)c(C(C)(C)C)c1. The van der Waals surface area contributed by atoms with Crippen LogP contribution in [0.2, 0.25) is 0 Å². The monoisotopic (exact) mass is 367 g/mol. The molecule has 4 aliphatic rings. The van der Waals surface area contributed by atoms with Crippen LogP contribution < -0.4 is 0 Å². The molecule has 4 aliphatic carbocycles. The van der Waals surface area contributed by atoms with E-state index in [1.807, 2.05) is 6.21 Å². The van der Waals surface area contributed by atoms with Gasteiger partial charge in [0.25, 0.3) is 0 Å². The first-order valence-corrected chi connectivity index (χ1v) is 10.9. The van der Waals surface area contributed by atoms with E-state index in [0.717, 1.165) is 34.8 Å². The summed E-state index contributed by atoms with van der Waals surface area (Å²) in [5, 5.41) is 11.0. The normalized spacial score (nSPS) is 33.2. The second kappa shape index (κ2) is 6.36. The summed E-state index contributed by atoms with van der Waals surface area (Å²) in [6.45, 7) is 13.2. The van der Waals surface area contributed by atoms with Crippen LogP contribution in [-0.2, 0) is 10.8 Å². The Morgan fingerprint density at radius 3 is 1.89 bits per heavy atom. The minimum atomic E-state index is -0.0867. The lowest BCUT2D eigenvalue weighted by Crippen LogP contribution is -2.47. The average molecular weight is 368 g/mol. The molecular weight excluding hydrogens is 330 g/mol. The van der Waals surface area contributed by atoms with Crippen LogP contribution in [0.15, 0.2) is 17.1 Å². The zero-order chi connectivity index (χ0) is 19.6. The highest BCUT2D eigenvalue weighted by Gasteiger charge is 2.48. The minimum Gasteiger partial charge on any atom is -0.507 e. The molecule has 0 amide bonds. The maximum absolute atomic E-state index is 11.0. The zero-order valence-corrected chi connectivity index (χ0v) is 18.0. The molecule has 1 N–H and O–H groups in total. The lowest BCUT2D eigenvalue weighted by atomic mass is 9.54. The van der Waals surface area contributed by atoms with Crippen molar-refractivity contribution in [1.29, 1.82) is 0 Å². The van der Waals surface area contributed by atoms with Gasteiger partial charge >= 0.3 is 0 Å². The van der Waals surface area contributed by atoms with Gasteiger partial charge in [0.15, 0.2) is 0 Å². The van der Waals surface area contributed by atoms with Crippen molar-refractivity contribution in [2.75, 3.05) is 0 Å². The third-order valence-corrected chi connectivity index (χ3v) is 7.38. The Balaban J connectivity index is 1.68. The van der Waals surface area contributed by atoms with Crippen molar-refractivity contribution in [1.82, 2.24) is 0 Å². The number of benzene rings is 1. The summed E-state index contributed by atoms with van der Waals surface area (Å²) in [4.78, 5) is 5.12. The first kappa shape index (κ1) is 19.0. The average Bonchev–Trinajstić information content (AvgIpc) is 2.52. The van der Waals surface area contributed by atoms with Crippen molar-refractivity contribution < 1.29 is 5.11 Å². The second-order valence-corrected chi connectivity index (χ2v) is 11.7. The Kier molecular flexibility index (Phi) is 4.48. The molecule has 1 aromatic rings. The lowest BCUT2D eigenvalue weighted by Gasteiger charge is -2.53. The fourth-order valence-electron chi connectivity index (χ4n) is 6.07. The summed E-state index contributed by atoms with van der Waals surface area (Å²) < 4.78 is 0. The third kappa shape index (κ3) is 3.57. The summed E-state index contributed by atoms with van der Waals surface area (Å²) in [5.74, 6) is 3.94. The van der Waals surface area contributed by atoms with E-state index in [1.165, 1.54) is 37.7 Å². The topological polar surface area (TPSA) is 32.6 Å². The first-order chi connectivity index (χ1) is 12.5. The lowest BCUT2D eigenvalue weighted by molar-refractivity contribution is 0.00146. The third-order valence-electron chi connectivity index (χ3n) is 7.38. The molecule has 27 heavy (non-hydrogen) atoms. The molecule has 2 nitrogen and oxygen atoms in total. The molecule has 0 heterocycles. The maximum Gasteiger partial charge on any atom is 0.128 e. The molecule has 0 aromatic heterocycles. The molecule has 4 bridgehead atoms. The molecule has 4 saturated carbocycles. The highest BCUT2D eigenvalue weighted by Crippen LogP contribution is 2.54. The number of hydrogen-bond donors (Lipinski definition) is 1. The molecule has 0 saturated heterocycles. The zero-order valence-electron chi connectivity index (χ0n) is 18.0. The summed E-state index contributed by atoms with van der Waals surface area (Å²) in [7, 11) is 0. The van der Waals surface area contributed by atoms with Crippen LogP contribution in [0.1, 0.15) is 90.3 Å². The fourth-order valence-corrected chi connectivity index (χ4v) is 6.07. The molecule has 0 unspecified atom stereocenters. The standard InChI is InChI=1S/C25H37NO/c1-24(2,3)20-12-19(23(27)21(13-20)25(4,5)6)14-26-22-17-8-15-7-16(10-17)11-18(22)9-15/h12-18,22,27H,7-11H2,1-6H3. The van der Waals surface area contributed by atoms with E-state index in [4.69, 9.17) is 4.99 Å². The molecule has 0 radical (unpaired) electrons. The number of aliphatic imine (C=N–C) groups is 1. The molecule has 0 aliphatic heterocycles. The number of nitrogens with zero attached hydrogens (tertiary/aromatic N) is 1. The van der Waals surface area contributed by atoms with Gasteiger partial charge < -0.3 is 5.11 Å². The predicted octanol–water partition coefficient (Wildman–Crippen LogP) is 6.23. The largest absolute Gasteiger partial charge is 0.507 e. The van der Waals surface area contributed by atoms with Crippen molar-refractivity contribution in [2.45, 2.75) is 90.5 Å². The fraction of sp³-hybridized carbons (Fsp3) is 0.720. The van der Waals surface area contributed by atoms with Crippen molar-refractivity contribution in [2.24, 2.45) is 28.7 Å². The Labute approximate surface area is 165 Å². The van der Waals surface area contributed by atoms with E-state index in [2.05, 4.69) is 53.7 Å². The Morgan fingerprint density at radius 2 is 1.41 bits per heavy atom. The summed E-state index contributed by atoms with van der Waals surface area (Å²) in [5.41, 5.74) is 3.18. The minimum absolute atomic E-state index is 0.0545. The van der Waals surface area contributed by atoms with Gasteiger partial charge in [-0.3, -0.25) is 4.99 Å². The van der Waals surface area contributed by atoms with E-state index in [-0.39, 0.29) is 10.8 Å². The highest BCUT2D eigenvalue weighted by atomic mass is 16.3. The number of phenols is 1. The van der Waals surface area contributed by atoms with Gasteiger partial charge in [-0.05, 0) is 78.2 Å². The molecule has 0 spiro atoms. The van der Waals surface area contributed by atoms with Crippen molar-refractivity contribution >= 4 is 6.21 Å². The predicted molar refractivity (Wildman–Crippen MR) is 114 cm³/mol. The quantitative estimate of drug-likeness (QED) is 0.617. The Morgan fingerprint density at radius 1 is 0.852 bits per heavy atom. The van der Waals surface area contributed by atoms with Gasteiger partial charge in [-0.25, -0.2) is 0 Å². The summed E-state index contributed by atoms with van der Waals surface area (Å²) in [6, 6.07) is 4.83. The number of rotatable bonds is 2. The van der Waals surface area contributed by atoms with Crippen LogP contribution in [-0.4, -0.2) is 17.4 Å². The molecule has 1 aromatic carbocycles. The first-order valence-electron chi connectivity index (χ1n) is 10.9. The van der Waals surface area contributed by atoms with Gasteiger partial charge in [-0.2, -0.15) is 0 Å². The summed E-state index contributed by atoms with van der Waals surface area (Å²) >= 11 is 0. The van der Waals surface area contributed by atoms with E-state index in [9.17, 15) is 5.11 Å². The van der Waals surface area contributed by atoms with Gasteiger partial charge in [-0.1, -0.05) is 47.6 Å². The molecule has 2 heteroatoms. The second-order valence-electron chi connectivity index (χ2n) is 11.7. The van der Waals surface area contributed by atoms with Crippen LogP contribution in [0, 0.1) is 23.7 Å². The number of hydrogen-bond acceptors (Lipinski definition) is 2. The number of phenolic OH excluding ortho intramolecular Hbond substituents is 1. The summed E-state index contributed by atoms with van der Waals surface area (Å²) in [6.07, 6.45) is 9.03. The van der Waals surface area contributed by atoms with Crippen LogP contribution in [0.4, 0.5) is 0 Å². The van der Waals surface area contributed by atoms with Crippen LogP contribution in [0.5, 0.6) is 5.75 Å². The molecule has 0 atom stereocenters.